The average molecular weight is 481 g/mol. The van der Waals surface area contributed by atoms with Crippen molar-refractivity contribution in [1.82, 2.24) is 14.1 Å². The molecule has 35 heavy (non-hydrogen) atoms. The van der Waals surface area contributed by atoms with Crippen molar-refractivity contribution in [1.29, 1.82) is 0 Å². The number of benzene rings is 1. The number of nitrogens with two attached hydrogens (primary N) is 1. The van der Waals surface area contributed by atoms with Gasteiger partial charge in [0.1, 0.15) is 5.52 Å². The molecule has 0 radical (unpaired) electrons. The fraction of sp³-hybridized carbons (Fsp3) is 0.160. The smallest absolute Gasteiger partial charge is 0.404 e. The third-order valence-corrected chi connectivity index (χ3v) is 5.80. The number of aliphatic imine (C=N–C) groups is 1. The predicted octanol–water partition coefficient (Wildman–Crippen LogP) is 4.10. The number of pyridine rings is 2. The number of hydrogen-bond acceptors (Lipinski definition) is 4. The van der Waals surface area contributed by atoms with Crippen molar-refractivity contribution in [2.45, 2.75) is 13.2 Å². The van der Waals surface area contributed by atoms with Crippen molar-refractivity contribution in [2.75, 3.05) is 0 Å². The van der Waals surface area contributed by atoms with E-state index in [4.69, 9.17) is 5.73 Å². The molecule has 0 amide bonds. The number of alkyl halides is 3. The number of hydrogen-bond donors (Lipinski definition) is 2. The highest BCUT2D eigenvalue weighted by Crippen LogP contribution is 2.37. The summed E-state index contributed by atoms with van der Waals surface area (Å²) in [6, 6.07) is 10.9. The predicted molar refractivity (Wildman–Crippen MR) is 131 cm³/mol. The standard InChI is InChI=1S/C25H22F3N5O2/c1-14-21-19(17-9-20(34)32(2)12-18(17)15-7-5-4-6-8-15)13-33(3)24(35)23(21)31-22(14)16(10-29)11-30-25(26,27)28/h4-13,31H,29H2,1-3H3. The molecule has 0 spiro atoms. The number of aryl methyl sites for hydroxylation is 3. The monoisotopic (exact) mass is 481 g/mol. The number of aromatic amines is 1. The zero-order valence-electron chi connectivity index (χ0n) is 19.1. The van der Waals surface area contributed by atoms with Gasteiger partial charge in [-0.25, -0.2) is 0 Å². The normalized spacial score (nSPS) is 12.7. The number of halogens is 3. The third-order valence-electron chi connectivity index (χ3n) is 5.80. The number of rotatable bonds is 4. The molecule has 0 aliphatic heterocycles. The van der Waals surface area contributed by atoms with Crippen LogP contribution in [0, 0.1) is 6.92 Å². The number of H-pyrrole nitrogens is 1. The van der Waals surface area contributed by atoms with Crippen LogP contribution in [-0.4, -0.2) is 26.6 Å². The van der Waals surface area contributed by atoms with E-state index in [1.807, 2.05) is 30.3 Å². The Bertz CT molecular complexity index is 1610. The highest BCUT2D eigenvalue weighted by molar-refractivity contribution is 6.13. The van der Waals surface area contributed by atoms with Gasteiger partial charge in [0.05, 0.1) is 5.69 Å². The lowest BCUT2D eigenvalue weighted by atomic mass is 9.93. The summed E-state index contributed by atoms with van der Waals surface area (Å²) in [6.07, 6.45) is 0.157. The molecule has 180 valence electrons. The molecule has 7 nitrogen and oxygen atoms in total. The quantitative estimate of drug-likeness (QED) is 0.339. The van der Waals surface area contributed by atoms with Crippen LogP contribution in [0.5, 0.6) is 0 Å². The molecule has 0 saturated heterocycles. The molecule has 0 aliphatic rings. The van der Waals surface area contributed by atoms with Crippen LogP contribution in [0.1, 0.15) is 11.3 Å². The summed E-state index contributed by atoms with van der Waals surface area (Å²) >= 11 is 0. The summed E-state index contributed by atoms with van der Waals surface area (Å²) in [7, 11) is 3.21. The summed E-state index contributed by atoms with van der Waals surface area (Å²) in [5.74, 6) is 0. The van der Waals surface area contributed by atoms with Crippen LogP contribution >= 0.6 is 0 Å². The maximum atomic E-state index is 13.0. The van der Waals surface area contributed by atoms with Gasteiger partial charge in [0.2, 0.25) is 0 Å². The highest BCUT2D eigenvalue weighted by atomic mass is 19.4. The Labute approximate surface area is 197 Å². The summed E-state index contributed by atoms with van der Waals surface area (Å²) in [4.78, 5) is 31.2. The van der Waals surface area contributed by atoms with Crippen LogP contribution in [0.15, 0.2) is 69.6 Å². The minimum atomic E-state index is -4.77. The SMILES string of the molecule is Cc1c(C(C=NC(F)(F)F)=CN)[nH]c2c(=O)n(C)cc(-c3cc(=O)n(C)cc3-c3ccccc3)c12. The van der Waals surface area contributed by atoms with Crippen LogP contribution in [-0.2, 0) is 14.1 Å². The van der Waals surface area contributed by atoms with E-state index < -0.39 is 6.30 Å². The van der Waals surface area contributed by atoms with Gasteiger partial charge >= 0.3 is 6.30 Å². The van der Waals surface area contributed by atoms with E-state index in [1.165, 1.54) is 15.2 Å². The molecule has 0 fully saturated rings. The van der Waals surface area contributed by atoms with E-state index in [2.05, 4.69) is 9.98 Å². The van der Waals surface area contributed by atoms with Gasteiger partial charge in [-0.1, -0.05) is 30.3 Å². The average Bonchev–Trinajstić information content (AvgIpc) is 3.15. The molecule has 0 bridgehead atoms. The van der Waals surface area contributed by atoms with Crippen LogP contribution in [0.4, 0.5) is 13.2 Å². The van der Waals surface area contributed by atoms with Crippen LogP contribution in [0.25, 0.3) is 38.7 Å². The molecule has 3 heterocycles. The largest absolute Gasteiger partial charge is 0.503 e. The van der Waals surface area contributed by atoms with Crippen molar-refractivity contribution in [3.8, 4) is 22.3 Å². The molecular weight excluding hydrogens is 459 g/mol. The maximum Gasteiger partial charge on any atom is 0.503 e. The summed E-state index contributed by atoms with van der Waals surface area (Å²) in [6.45, 7) is 1.67. The van der Waals surface area contributed by atoms with Crippen molar-refractivity contribution in [3.63, 3.8) is 0 Å². The minimum absolute atomic E-state index is 0.0312. The second-order valence-corrected chi connectivity index (χ2v) is 8.10. The number of nitrogens with one attached hydrogen (secondary N) is 1. The van der Waals surface area contributed by atoms with Gasteiger partial charge in [-0.2, -0.15) is 4.99 Å². The molecule has 3 N–H and O–H groups in total. The van der Waals surface area contributed by atoms with Crippen molar-refractivity contribution >= 4 is 22.7 Å². The van der Waals surface area contributed by atoms with E-state index in [9.17, 15) is 22.8 Å². The van der Waals surface area contributed by atoms with Gasteiger partial charge in [0.25, 0.3) is 11.1 Å². The fourth-order valence-corrected chi connectivity index (χ4v) is 4.11. The first-order chi connectivity index (χ1) is 16.5. The van der Waals surface area contributed by atoms with Crippen LogP contribution in [0.2, 0.25) is 0 Å². The molecule has 0 unspecified atom stereocenters. The second kappa shape index (κ2) is 8.79. The van der Waals surface area contributed by atoms with E-state index in [-0.39, 0.29) is 27.9 Å². The first-order valence-corrected chi connectivity index (χ1v) is 10.5. The molecule has 1 aromatic carbocycles. The molecule has 0 aliphatic carbocycles. The summed E-state index contributed by atoms with van der Waals surface area (Å²) in [5.41, 5.74) is 8.60. The Morgan fingerprint density at radius 2 is 1.69 bits per heavy atom. The molecular formula is C25H22F3N5O2. The molecule has 3 aromatic heterocycles. The van der Waals surface area contributed by atoms with Gasteiger partial charge < -0.3 is 19.9 Å². The lowest BCUT2D eigenvalue weighted by Gasteiger charge is -2.14. The lowest BCUT2D eigenvalue weighted by Crippen LogP contribution is -2.18. The Hall–Kier alpha value is -4.34. The molecule has 10 heteroatoms. The Balaban J connectivity index is 2.07. The zero-order chi connectivity index (χ0) is 25.5. The van der Waals surface area contributed by atoms with E-state index >= 15 is 0 Å². The zero-order valence-corrected chi connectivity index (χ0v) is 19.1. The van der Waals surface area contributed by atoms with E-state index in [1.54, 1.807) is 33.4 Å². The maximum absolute atomic E-state index is 13.0. The third kappa shape index (κ3) is 4.42. The van der Waals surface area contributed by atoms with Crippen molar-refractivity contribution < 1.29 is 13.2 Å². The first-order valence-electron chi connectivity index (χ1n) is 10.5. The minimum Gasteiger partial charge on any atom is -0.404 e. The van der Waals surface area contributed by atoms with Gasteiger partial charge in [0.15, 0.2) is 0 Å². The topological polar surface area (TPSA) is 98.2 Å². The Morgan fingerprint density at radius 1 is 1.03 bits per heavy atom. The Kier molecular flexibility index (Phi) is 5.98. The van der Waals surface area contributed by atoms with E-state index in [0.717, 1.165) is 17.3 Å². The molecule has 0 atom stereocenters. The number of allylic oxidation sites excluding steroid dienone is 1. The molecule has 0 saturated carbocycles. The summed E-state index contributed by atoms with van der Waals surface area (Å²) in [5, 5.41) is 0.480. The van der Waals surface area contributed by atoms with Gasteiger partial charge in [-0.3, -0.25) is 9.59 Å². The van der Waals surface area contributed by atoms with Gasteiger partial charge in [-0.15, -0.1) is 13.2 Å². The van der Waals surface area contributed by atoms with Gasteiger partial charge in [0, 0.05) is 67.1 Å². The lowest BCUT2D eigenvalue weighted by molar-refractivity contribution is -0.118. The second-order valence-electron chi connectivity index (χ2n) is 8.10. The first kappa shape index (κ1) is 23.8. The number of fused-ring (bicyclic) bond motifs is 1. The number of nitrogens with zero attached hydrogens (tertiary/aromatic N) is 3. The Morgan fingerprint density at radius 3 is 2.31 bits per heavy atom. The molecule has 4 rings (SSSR count). The number of aromatic nitrogens is 3. The van der Waals surface area contributed by atoms with Gasteiger partial charge in [-0.05, 0) is 23.6 Å². The van der Waals surface area contributed by atoms with E-state index in [0.29, 0.717) is 28.3 Å². The van der Waals surface area contributed by atoms with Crippen LogP contribution in [0.3, 0.4) is 0 Å². The van der Waals surface area contributed by atoms with Crippen molar-refractivity contribution in [3.05, 3.63) is 87.0 Å². The van der Waals surface area contributed by atoms with Crippen LogP contribution < -0.4 is 16.9 Å². The molecule has 4 aromatic rings. The van der Waals surface area contributed by atoms with Crippen molar-refractivity contribution in [2.24, 2.45) is 24.8 Å². The summed E-state index contributed by atoms with van der Waals surface area (Å²) < 4.78 is 40.9. The highest BCUT2D eigenvalue weighted by Gasteiger charge is 2.26. The fourth-order valence-electron chi connectivity index (χ4n) is 4.11.